The molecule has 0 aromatic heterocycles. The summed E-state index contributed by atoms with van der Waals surface area (Å²) in [5, 5.41) is 12.6. The quantitative estimate of drug-likeness (QED) is 0.856. The van der Waals surface area contributed by atoms with Gasteiger partial charge >= 0.3 is 0 Å². The molecule has 0 bridgehead atoms. The molecule has 0 saturated carbocycles. The number of hydrogen-bond acceptors (Lipinski definition) is 4. The van der Waals surface area contributed by atoms with Gasteiger partial charge in [-0.05, 0) is 30.2 Å². The highest BCUT2D eigenvalue weighted by Crippen LogP contribution is 2.24. The molecule has 5 heteroatoms. The molecule has 0 heterocycles. The third kappa shape index (κ3) is 4.16. The second-order valence-electron chi connectivity index (χ2n) is 5.44. The summed E-state index contributed by atoms with van der Waals surface area (Å²) < 4.78 is 23.5. The lowest BCUT2D eigenvalue weighted by Gasteiger charge is -2.23. The molecular formula is C17H21NO3S. The van der Waals surface area contributed by atoms with Crippen LogP contribution in [0, 0.1) is 0 Å². The second kappa shape index (κ2) is 7.05. The lowest BCUT2D eigenvalue weighted by Crippen LogP contribution is -2.33. The summed E-state index contributed by atoms with van der Waals surface area (Å²) >= 11 is 0. The summed E-state index contributed by atoms with van der Waals surface area (Å²) in [5.74, 6) is 0. The molecule has 22 heavy (non-hydrogen) atoms. The van der Waals surface area contributed by atoms with Gasteiger partial charge in [0.2, 0.25) is 0 Å². The molecule has 2 aromatic rings. The SMILES string of the molecule is C[C@H](CO)NC(c1ccccc1)c1cccc(S(C)(=O)=O)c1. The molecule has 2 atom stereocenters. The van der Waals surface area contributed by atoms with E-state index in [0.29, 0.717) is 4.90 Å². The number of benzene rings is 2. The minimum atomic E-state index is -3.25. The van der Waals surface area contributed by atoms with Crippen LogP contribution in [-0.2, 0) is 9.84 Å². The molecule has 0 spiro atoms. The normalized spacial score (nSPS) is 14.5. The van der Waals surface area contributed by atoms with Crippen molar-refractivity contribution in [2.45, 2.75) is 23.9 Å². The first-order valence-corrected chi connectivity index (χ1v) is 9.03. The van der Waals surface area contributed by atoms with E-state index in [2.05, 4.69) is 5.32 Å². The van der Waals surface area contributed by atoms with Gasteiger partial charge in [-0.1, -0.05) is 42.5 Å². The maximum absolute atomic E-state index is 11.8. The number of nitrogens with one attached hydrogen (secondary N) is 1. The van der Waals surface area contributed by atoms with Crippen molar-refractivity contribution in [2.75, 3.05) is 12.9 Å². The van der Waals surface area contributed by atoms with Gasteiger partial charge in [0.05, 0.1) is 17.5 Å². The molecule has 0 fully saturated rings. The molecule has 0 aliphatic heterocycles. The predicted molar refractivity (Wildman–Crippen MR) is 87.5 cm³/mol. The maximum atomic E-state index is 11.8. The van der Waals surface area contributed by atoms with Gasteiger partial charge in [0.1, 0.15) is 0 Å². The van der Waals surface area contributed by atoms with Crippen molar-refractivity contribution in [3.05, 3.63) is 65.7 Å². The highest BCUT2D eigenvalue weighted by molar-refractivity contribution is 7.90. The van der Waals surface area contributed by atoms with Crippen molar-refractivity contribution in [3.8, 4) is 0 Å². The largest absolute Gasteiger partial charge is 0.395 e. The fourth-order valence-electron chi connectivity index (χ4n) is 2.29. The number of hydrogen-bond donors (Lipinski definition) is 2. The molecule has 0 amide bonds. The van der Waals surface area contributed by atoms with Crippen LogP contribution in [0.2, 0.25) is 0 Å². The zero-order chi connectivity index (χ0) is 16.2. The Balaban J connectivity index is 2.45. The molecule has 0 saturated heterocycles. The van der Waals surface area contributed by atoms with Crippen LogP contribution < -0.4 is 5.32 Å². The van der Waals surface area contributed by atoms with Gasteiger partial charge < -0.3 is 10.4 Å². The Hall–Kier alpha value is -1.69. The van der Waals surface area contributed by atoms with E-state index in [1.807, 2.05) is 43.3 Å². The first-order valence-electron chi connectivity index (χ1n) is 7.13. The van der Waals surface area contributed by atoms with E-state index in [-0.39, 0.29) is 18.7 Å². The van der Waals surface area contributed by atoms with Crippen LogP contribution in [-0.4, -0.2) is 32.4 Å². The molecule has 0 aliphatic carbocycles. The van der Waals surface area contributed by atoms with Gasteiger partial charge in [-0.3, -0.25) is 0 Å². The average molecular weight is 319 g/mol. The second-order valence-corrected chi connectivity index (χ2v) is 7.45. The highest BCUT2D eigenvalue weighted by atomic mass is 32.2. The molecule has 4 nitrogen and oxygen atoms in total. The number of aliphatic hydroxyl groups is 1. The summed E-state index contributed by atoms with van der Waals surface area (Å²) in [6.45, 7) is 1.89. The van der Waals surface area contributed by atoms with Gasteiger partial charge in [0.25, 0.3) is 0 Å². The standard InChI is InChI=1S/C17H21NO3S/c1-13(12-19)18-17(14-7-4-3-5-8-14)15-9-6-10-16(11-15)22(2,20)21/h3-11,13,17-19H,12H2,1-2H3/t13-,17?/m1/s1. The smallest absolute Gasteiger partial charge is 0.175 e. The van der Waals surface area contributed by atoms with Crippen LogP contribution in [0.15, 0.2) is 59.5 Å². The van der Waals surface area contributed by atoms with Crippen LogP contribution >= 0.6 is 0 Å². The summed E-state index contributed by atoms with van der Waals surface area (Å²) in [6.07, 6.45) is 1.20. The predicted octanol–water partition coefficient (Wildman–Crippen LogP) is 2.15. The fourth-order valence-corrected chi connectivity index (χ4v) is 2.97. The van der Waals surface area contributed by atoms with Crippen molar-refractivity contribution in [1.82, 2.24) is 5.32 Å². The van der Waals surface area contributed by atoms with Crippen molar-refractivity contribution in [2.24, 2.45) is 0 Å². The summed E-state index contributed by atoms with van der Waals surface area (Å²) in [6, 6.07) is 16.4. The highest BCUT2D eigenvalue weighted by Gasteiger charge is 2.18. The van der Waals surface area contributed by atoms with E-state index in [1.165, 1.54) is 6.26 Å². The molecule has 0 aliphatic rings. The van der Waals surface area contributed by atoms with Crippen molar-refractivity contribution >= 4 is 9.84 Å². The minimum absolute atomic E-state index is 0.00903. The van der Waals surface area contributed by atoms with Gasteiger partial charge in [0, 0.05) is 12.3 Å². The molecule has 2 rings (SSSR count). The zero-order valence-electron chi connectivity index (χ0n) is 12.7. The van der Waals surface area contributed by atoms with E-state index in [0.717, 1.165) is 11.1 Å². The number of rotatable bonds is 6. The summed E-state index contributed by atoms with van der Waals surface area (Å²) in [5.41, 5.74) is 1.88. The van der Waals surface area contributed by atoms with Gasteiger partial charge in [-0.2, -0.15) is 0 Å². The summed E-state index contributed by atoms with van der Waals surface area (Å²) in [4.78, 5) is 0.296. The zero-order valence-corrected chi connectivity index (χ0v) is 13.5. The summed E-state index contributed by atoms with van der Waals surface area (Å²) in [7, 11) is -3.25. The van der Waals surface area contributed by atoms with Crippen molar-refractivity contribution in [1.29, 1.82) is 0 Å². The minimum Gasteiger partial charge on any atom is -0.395 e. The molecule has 118 valence electrons. The van der Waals surface area contributed by atoms with E-state index >= 15 is 0 Å². The van der Waals surface area contributed by atoms with Crippen LogP contribution in [0.1, 0.15) is 24.1 Å². The Bertz CT molecular complexity index is 714. The van der Waals surface area contributed by atoms with Gasteiger partial charge in [0.15, 0.2) is 9.84 Å². The van der Waals surface area contributed by atoms with E-state index < -0.39 is 9.84 Å². The third-order valence-corrected chi connectivity index (χ3v) is 4.59. The first-order chi connectivity index (χ1) is 10.4. The molecule has 2 aromatic carbocycles. The van der Waals surface area contributed by atoms with Crippen molar-refractivity contribution < 1.29 is 13.5 Å². The van der Waals surface area contributed by atoms with Gasteiger partial charge in [-0.25, -0.2) is 8.42 Å². The van der Waals surface area contributed by atoms with Crippen LogP contribution in [0.3, 0.4) is 0 Å². The Kier molecular flexibility index (Phi) is 5.34. The number of sulfone groups is 1. The molecule has 0 radical (unpaired) electrons. The van der Waals surface area contributed by atoms with Crippen molar-refractivity contribution in [3.63, 3.8) is 0 Å². The fraction of sp³-hybridized carbons (Fsp3) is 0.294. The lowest BCUT2D eigenvalue weighted by molar-refractivity contribution is 0.245. The topological polar surface area (TPSA) is 66.4 Å². The Morgan fingerprint density at radius 2 is 1.68 bits per heavy atom. The van der Waals surface area contributed by atoms with Crippen LogP contribution in [0.5, 0.6) is 0 Å². The Labute approximate surface area is 131 Å². The molecular weight excluding hydrogens is 298 g/mol. The van der Waals surface area contributed by atoms with E-state index in [9.17, 15) is 13.5 Å². The Morgan fingerprint density at radius 1 is 1.05 bits per heavy atom. The van der Waals surface area contributed by atoms with Crippen LogP contribution in [0.25, 0.3) is 0 Å². The Morgan fingerprint density at radius 3 is 2.27 bits per heavy atom. The van der Waals surface area contributed by atoms with E-state index in [1.54, 1.807) is 18.2 Å². The molecule has 1 unspecified atom stereocenters. The maximum Gasteiger partial charge on any atom is 0.175 e. The number of aliphatic hydroxyl groups excluding tert-OH is 1. The monoisotopic (exact) mass is 319 g/mol. The first kappa shape index (κ1) is 16.7. The average Bonchev–Trinajstić information content (AvgIpc) is 2.52. The van der Waals surface area contributed by atoms with E-state index in [4.69, 9.17) is 0 Å². The van der Waals surface area contributed by atoms with Gasteiger partial charge in [-0.15, -0.1) is 0 Å². The molecule has 2 N–H and O–H groups in total. The third-order valence-electron chi connectivity index (χ3n) is 3.48. The lowest BCUT2D eigenvalue weighted by atomic mass is 9.98. The van der Waals surface area contributed by atoms with Crippen LogP contribution in [0.4, 0.5) is 0 Å².